The Hall–Kier alpha value is -1.27. The van der Waals surface area contributed by atoms with E-state index in [4.69, 9.17) is 5.73 Å². The Bertz CT molecular complexity index is 610. The zero-order valence-electron chi connectivity index (χ0n) is 11.3. The van der Waals surface area contributed by atoms with Crippen molar-refractivity contribution in [2.75, 3.05) is 0 Å². The highest BCUT2D eigenvalue weighted by atomic mass is 79.9. The van der Waals surface area contributed by atoms with Crippen molar-refractivity contribution in [3.8, 4) is 0 Å². The third-order valence-electron chi connectivity index (χ3n) is 3.07. The van der Waals surface area contributed by atoms with Gasteiger partial charge in [0.05, 0.1) is 22.4 Å². The Morgan fingerprint density at radius 2 is 2.00 bits per heavy atom. The summed E-state index contributed by atoms with van der Waals surface area (Å²) in [6.45, 7) is 4.01. The molecule has 1 heterocycles. The van der Waals surface area contributed by atoms with Crippen LogP contribution in [0.1, 0.15) is 37.2 Å². The molecule has 0 saturated heterocycles. The predicted molar refractivity (Wildman–Crippen MR) is 77.3 cm³/mol. The first-order valence-corrected chi connectivity index (χ1v) is 7.12. The normalized spacial score (nSPS) is 12.9. The van der Waals surface area contributed by atoms with E-state index in [9.17, 15) is 8.78 Å². The summed E-state index contributed by atoms with van der Waals surface area (Å²) >= 11 is 3.43. The molecule has 0 amide bonds. The van der Waals surface area contributed by atoms with Crippen molar-refractivity contribution in [3.63, 3.8) is 0 Å². The van der Waals surface area contributed by atoms with Crippen LogP contribution in [0.25, 0.3) is 0 Å². The summed E-state index contributed by atoms with van der Waals surface area (Å²) in [5, 5.41) is 4.27. The Morgan fingerprint density at radius 1 is 1.30 bits per heavy atom. The molecule has 2 aromatic rings. The van der Waals surface area contributed by atoms with Gasteiger partial charge in [-0.1, -0.05) is 6.07 Å². The lowest BCUT2D eigenvalue weighted by Gasteiger charge is -2.17. The summed E-state index contributed by atoms with van der Waals surface area (Å²) in [5.41, 5.74) is 7.70. The summed E-state index contributed by atoms with van der Waals surface area (Å²) < 4.78 is 28.8. The fourth-order valence-electron chi connectivity index (χ4n) is 2.13. The summed E-state index contributed by atoms with van der Waals surface area (Å²) in [6.07, 6.45) is 2.11. The molecule has 0 aliphatic rings. The molecule has 0 fully saturated rings. The third-order valence-corrected chi connectivity index (χ3v) is 3.68. The molecule has 6 heteroatoms. The third kappa shape index (κ3) is 3.07. The first kappa shape index (κ1) is 15.1. The van der Waals surface area contributed by atoms with Crippen molar-refractivity contribution in [3.05, 3.63) is 51.8 Å². The molecule has 20 heavy (non-hydrogen) atoms. The van der Waals surface area contributed by atoms with Gasteiger partial charge >= 0.3 is 0 Å². The van der Waals surface area contributed by atoms with Crippen molar-refractivity contribution in [1.29, 1.82) is 0 Å². The molecule has 108 valence electrons. The number of nitrogens with two attached hydrogens (primary N) is 1. The van der Waals surface area contributed by atoms with Gasteiger partial charge in [-0.15, -0.1) is 0 Å². The Labute approximate surface area is 124 Å². The van der Waals surface area contributed by atoms with E-state index in [1.54, 1.807) is 12.3 Å². The van der Waals surface area contributed by atoms with E-state index in [0.717, 1.165) is 16.2 Å². The van der Waals surface area contributed by atoms with Crippen LogP contribution in [0.4, 0.5) is 8.78 Å². The highest BCUT2D eigenvalue weighted by molar-refractivity contribution is 9.10. The van der Waals surface area contributed by atoms with Gasteiger partial charge in [-0.25, -0.2) is 8.78 Å². The minimum absolute atomic E-state index is 0.173. The summed E-state index contributed by atoms with van der Waals surface area (Å²) in [7, 11) is 0. The summed E-state index contributed by atoms with van der Waals surface area (Å²) in [6, 6.07) is 3.67. The molecular formula is C14H16BrF2N3. The minimum atomic E-state index is -0.855. The van der Waals surface area contributed by atoms with Crippen LogP contribution >= 0.6 is 15.9 Å². The van der Waals surface area contributed by atoms with Crippen molar-refractivity contribution >= 4 is 15.9 Å². The lowest BCUT2D eigenvalue weighted by Crippen LogP contribution is -2.20. The van der Waals surface area contributed by atoms with E-state index >= 15 is 0 Å². The highest BCUT2D eigenvalue weighted by Crippen LogP contribution is 2.27. The van der Waals surface area contributed by atoms with Crippen LogP contribution in [0.2, 0.25) is 0 Å². The maximum absolute atomic E-state index is 13.2. The van der Waals surface area contributed by atoms with Crippen molar-refractivity contribution in [2.24, 2.45) is 5.73 Å². The molecular weight excluding hydrogens is 328 g/mol. The van der Waals surface area contributed by atoms with Crippen LogP contribution in [-0.2, 0) is 6.42 Å². The number of aromatic nitrogens is 2. The molecule has 2 N–H and O–H groups in total. The van der Waals surface area contributed by atoms with Gasteiger partial charge in [0.1, 0.15) is 0 Å². The monoisotopic (exact) mass is 343 g/mol. The van der Waals surface area contributed by atoms with Crippen LogP contribution < -0.4 is 5.73 Å². The van der Waals surface area contributed by atoms with E-state index < -0.39 is 11.6 Å². The van der Waals surface area contributed by atoms with E-state index in [1.165, 1.54) is 6.07 Å². The van der Waals surface area contributed by atoms with Gasteiger partial charge in [0.25, 0.3) is 0 Å². The van der Waals surface area contributed by atoms with E-state index in [0.29, 0.717) is 12.0 Å². The quantitative estimate of drug-likeness (QED) is 0.918. The fraction of sp³-hybridized carbons (Fsp3) is 0.357. The fourth-order valence-corrected chi connectivity index (χ4v) is 2.69. The largest absolute Gasteiger partial charge is 0.322 e. The predicted octanol–water partition coefficient (Wildman–Crippen LogP) is 3.75. The molecule has 1 unspecified atom stereocenters. The van der Waals surface area contributed by atoms with E-state index in [1.807, 2.05) is 18.5 Å². The SMILES string of the molecule is CC(C)n1ncc(Br)c1C(N)Cc1ccc(F)c(F)c1. The molecule has 2 rings (SSSR count). The lowest BCUT2D eigenvalue weighted by molar-refractivity contribution is 0.482. The maximum Gasteiger partial charge on any atom is 0.159 e. The molecule has 1 aromatic heterocycles. The average Bonchev–Trinajstić information content (AvgIpc) is 2.76. The van der Waals surface area contributed by atoms with Crippen LogP contribution in [0.15, 0.2) is 28.9 Å². The zero-order valence-corrected chi connectivity index (χ0v) is 12.9. The molecule has 0 aliphatic carbocycles. The van der Waals surface area contributed by atoms with E-state index in [-0.39, 0.29) is 12.1 Å². The Morgan fingerprint density at radius 3 is 2.60 bits per heavy atom. The van der Waals surface area contributed by atoms with Gasteiger partial charge in [-0.05, 0) is 53.9 Å². The van der Waals surface area contributed by atoms with Gasteiger partial charge in [0, 0.05) is 6.04 Å². The zero-order chi connectivity index (χ0) is 14.9. The topological polar surface area (TPSA) is 43.8 Å². The minimum Gasteiger partial charge on any atom is -0.322 e. The second-order valence-electron chi connectivity index (χ2n) is 4.98. The second-order valence-corrected chi connectivity index (χ2v) is 5.83. The molecule has 3 nitrogen and oxygen atoms in total. The van der Waals surface area contributed by atoms with Gasteiger partial charge in [-0.2, -0.15) is 5.10 Å². The van der Waals surface area contributed by atoms with Gasteiger partial charge in [-0.3, -0.25) is 4.68 Å². The standard InChI is InChI=1S/C14H16BrF2N3/c1-8(2)20-14(10(15)7-19-20)13(18)6-9-3-4-11(16)12(17)5-9/h3-5,7-8,13H,6,18H2,1-2H3. The highest BCUT2D eigenvalue weighted by Gasteiger charge is 2.19. The number of hydrogen-bond acceptors (Lipinski definition) is 2. The first-order valence-electron chi connectivity index (χ1n) is 6.32. The first-order chi connectivity index (χ1) is 9.40. The number of nitrogens with zero attached hydrogens (tertiary/aromatic N) is 2. The molecule has 1 atom stereocenters. The molecule has 0 bridgehead atoms. The van der Waals surface area contributed by atoms with Crippen LogP contribution in [0, 0.1) is 11.6 Å². The lowest BCUT2D eigenvalue weighted by atomic mass is 10.0. The molecule has 1 aromatic carbocycles. The van der Waals surface area contributed by atoms with Gasteiger partial charge in [0.15, 0.2) is 11.6 Å². The van der Waals surface area contributed by atoms with Crippen molar-refractivity contribution in [1.82, 2.24) is 9.78 Å². The summed E-state index contributed by atoms with van der Waals surface area (Å²) in [4.78, 5) is 0. The summed E-state index contributed by atoms with van der Waals surface area (Å²) in [5.74, 6) is -1.71. The Kier molecular flexibility index (Phi) is 4.55. The number of benzene rings is 1. The molecule has 0 spiro atoms. The van der Waals surface area contributed by atoms with Crippen LogP contribution in [0.3, 0.4) is 0 Å². The van der Waals surface area contributed by atoms with Crippen molar-refractivity contribution in [2.45, 2.75) is 32.4 Å². The van der Waals surface area contributed by atoms with Crippen molar-refractivity contribution < 1.29 is 8.78 Å². The van der Waals surface area contributed by atoms with Gasteiger partial charge in [0.2, 0.25) is 0 Å². The molecule has 0 radical (unpaired) electrons. The van der Waals surface area contributed by atoms with E-state index in [2.05, 4.69) is 21.0 Å². The molecule has 0 aliphatic heterocycles. The number of rotatable bonds is 4. The average molecular weight is 344 g/mol. The van der Waals surface area contributed by atoms with Gasteiger partial charge < -0.3 is 5.73 Å². The maximum atomic E-state index is 13.2. The number of halogens is 3. The smallest absolute Gasteiger partial charge is 0.159 e. The van der Waals surface area contributed by atoms with Crippen LogP contribution in [-0.4, -0.2) is 9.78 Å². The van der Waals surface area contributed by atoms with Crippen LogP contribution in [0.5, 0.6) is 0 Å². The number of hydrogen-bond donors (Lipinski definition) is 1. The molecule has 0 saturated carbocycles. The Balaban J connectivity index is 2.25. The second kappa shape index (κ2) is 6.01.